The molecule has 0 radical (unpaired) electrons. The second-order valence-corrected chi connectivity index (χ2v) is 4.80. The van der Waals surface area contributed by atoms with E-state index in [9.17, 15) is 9.90 Å². The predicted octanol–water partition coefficient (Wildman–Crippen LogP) is 2.13. The second kappa shape index (κ2) is 4.97. The van der Waals surface area contributed by atoms with Crippen LogP contribution < -0.4 is 0 Å². The number of hydrogen-bond acceptors (Lipinski definition) is 3. The molecule has 0 spiro atoms. The maximum atomic E-state index is 11.6. The second-order valence-electron chi connectivity index (χ2n) is 4.80. The summed E-state index contributed by atoms with van der Waals surface area (Å²) in [5, 5.41) is 10.3. The van der Waals surface area contributed by atoms with Crippen LogP contribution in [0.1, 0.15) is 46.5 Å². The van der Waals surface area contributed by atoms with Gasteiger partial charge in [0.15, 0.2) is 0 Å². The Morgan fingerprint density at radius 2 is 2.27 bits per heavy atom. The van der Waals surface area contributed by atoms with Gasteiger partial charge in [0.25, 0.3) is 0 Å². The van der Waals surface area contributed by atoms with Crippen molar-refractivity contribution in [1.29, 1.82) is 0 Å². The van der Waals surface area contributed by atoms with Crippen molar-refractivity contribution in [3.63, 3.8) is 0 Å². The fourth-order valence-electron chi connectivity index (χ4n) is 2.27. The van der Waals surface area contributed by atoms with Crippen molar-refractivity contribution in [3.05, 3.63) is 0 Å². The fraction of sp³-hybridized carbons (Fsp3) is 0.917. The van der Waals surface area contributed by atoms with Gasteiger partial charge < -0.3 is 9.84 Å². The monoisotopic (exact) mass is 214 g/mol. The highest BCUT2D eigenvalue weighted by molar-refractivity contribution is 5.72. The van der Waals surface area contributed by atoms with E-state index in [2.05, 4.69) is 0 Å². The van der Waals surface area contributed by atoms with Gasteiger partial charge in [0, 0.05) is 0 Å². The van der Waals surface area contributed by atoms with Crippen molar-refractivity contribution in [2.45, 2.75) is 52.1 Å². The third kappa shape index (κ3) is 2.94. The summed E-state index contributed by atoms with van der Waals surface area (Å²) in [6.45, 7) is 6.26. The lowest BCUT2D eigenvalue weighted by molar-refractivity contribution is -0.154. The summed E-state index contributed by atoms with van der Waals surface area (Å²) in [7, 11) is 0. The Labute approximate surface area is 91.8 Å². The number of carbonyl (C=O) groups excluding carboxylic acids is 1. The van der Waals surface area contributed by atoms with Gasteiger partial charge in [0.2, 0.25) is 0 Å². The van der Waals surface area contributed by atoms with Crippen LogP contribution in [0.4, 0.5) is 0 Å². The summed E-state index contributed by atoms with van der Waals surface area (Å²) in [5.74, 6) is -0.0444. The summed E-state index contributed by atoms with van der Waals surface area (Å²) in [5.41, 5.74) is -0.671. The largest absolute Gasteiger partial charge is 0.466 e. The molecule has 0 bridgehead atoms. The molecule has 1 fully saturated rings. The Bertz CT molecular complexity index is 225. The predicted molar refractivity (Wildman–Crippen MR) is 58.4 cm³/mol. The number of carbonyl (C=O) groups is 1. The molecule has 3 nitrogen and oxygen atoms in total. The van der Waals surface area contributed by atoms with Crippen LogP contribution in [0, 0.1) is 11.8 Å². The molecule has 1 aliphatic carbocycles. The maximum Gasteiger partial charge on any atom is 0.309 e. The van der Waals surface area contributed by atoms with Crippen molar-refractivity contribution in [1.82, 2.24) is 0 Å². The molecule has 0 heterocycles. The summed E-state index contributed by atoms with van der Waals surface area (Å²) in [6, 6.07) is 0. The molecular formula is C12H22O3. The lowest BCUT2D eigenvalue weighted by atomic mass is 9.72. The van der Waals surface area contributed by atoms with E-state index in [1.807, 2.05) is 20.8 Å². The first-order valence-electron chi connectivity index (χ1n) is 5.88. The fourth-order valence-corrected chi connectivity index (χ4v) is 2.27. The van der Waals surface area contributed by atoms with E-state index in [0.29, 0.717) is 13.0 Å². The van der Waals surface area contributed by atoms with Crippen LogP contribution in [-0.2, 0) is 9.53 Å². The van der Waals surface area contributed by atoms with Gasteiger partial charge in [-0.05, 0) is 38.5 Å². The molecule has 1 N–H and O–H groups in total. The third-order valence-corrected chi connectivity index (χ3v) is 3.46. The van der Waals surface area contributed by atoms with Crippen LogP contribution in [0.3, 0.4) is 0 Å². The first-order chi connectivity index (χ1) is 6.99. The van der Waals surface area contributed by atoms with Gasteiger partial charge in [-0.1, -0.05) is 13.8 Å². The van der Waals surface area contributed by atoms with Crippen LogP contribution in [0.5, 0.6) is 0 Å². The first kappa shape index (κ1) is 12.5. The molecule has 0 saturated heterocycles. The highest BCUT2D eigenvalue weighted by Gasteiger charge is 2.39. The van der Waals surface area contributed by atoms with E-state index in [0.717, 1.165) is 19.3 Å². The molecule has 15 heavy (non-hydrogen) atoms. The van der Waals surface area contributed by atoms with E-state index in [4.69, 9.17) is 4.74 Å². The molecule has 0 aromatic rings. The van der Waals surface area contributed by atoms with Gasteiger partial charge in [-0.3, -0.25) is 4.79 Å². The summed E-state index contributed by atoms with van der Waals surface area (Å²) in [4.78, 5) is 11.6. The standard InChI is InChI=1S/C12H22O3/c1-4-15-11(13)10-6-5-7-12(14,8-10)9(2)3/h9-10,14H,4-8H2,1-3H3. The molecule has 0 aromatic carbocycles. The zero-order valence-corrected chi connectivity index (χ0v) is 9.95. The van der Waals surface area contributed by atoms with Gasteiger partial charge >= 0.3 is 5.97 Å². The smallest absolute Gasteiger partial charge is 0.309 e. The van der Waals surface area contributed by atoms with Gasteiger partial charge in [0.1, 0.15) is 0 Å². The molecule has 1 saturated carbocycles. The average Bonchev–Trinajstić information content (AvgIpc) is 2.18. The molecule has 1 rings (SSSR count). The number of rotatable bonds is 3. The van der Waals surface area contributed by atoms with Gasteiger partial charge in [-0.15, -0.1) is 0 Å². The Hall–Kier alpha value is -0.570. The minimum Gasteiger partial charge on any atom is -0.466 e. The van der Waals surface area contributed by atoms with Crippen LogP contribution >= 0.6 is 0 Å². The summed E-state index contributed by atoms with van der Waals surface area (Å²) >= 11 is 0. The van der Waals surface area contributed by atoms with E-state index < -0.39 is 5.60 Å². The highest BCUT2D eigenvalue weighted by atomic mass is 16.5. The summed E-state index contributed by atoms with van der Waals surface area (Å²) < 4.78 is 5.00. The number of ether oxygens (including phenoxy) is 1. The van der Waals surface area contributed by atoms with E-state index >= 15 is 0 Å². The Morgan fingerprint density at radius 3 is 2.80 bits per heavy atom. The zero-order valence-electron chi connectivity index (χ0n) is 9.95. The zero-order chi connectivity index (χ0) is 11.5. The normalized spacial score (nSPS) is 31.7. The van der Waals surface area contributed by atoms with Crippen molar-refractivity contribution in [2.24, 2.45) is 11.8 Å². The number of hydrogen-bond donors (Lipinski definition) is 1. The van der Waals surface area contributed by atoms with Crippen LogP contribution in [0.25, 0.3) is 0 Å². The molecule has 88 valence electrons. The van der Waals surface area contributed by atoms with Crippen molar-refractivity contribution < 1.29 is 14.6 Å². The molecular weight excluding hydrogens is 192 g/mol. The van der Waals surface area contributed by atoms with Gasteiger partial charge in [-0.25, -0.2) is 0 Å². The van der Waals surface area contributed by atoms with E-state index in [-0.39, 0.29) is 17.8 Å². The van der Waals surface area contributed by atoms with E-state index in [1.54, 1.807) is 0 Å². The topological polar surface area (TPSA) is 46.5 Å². The Balaban J connectivity index is 2.59. The Morgan fingerprint density at radius 1 is 1.60 bits per heavy atom. The minimum absolute atomic E-state index is 0.105. The lowest BCUT2D eigenvalue weighted by Gasteiger charge is -2.38. The Kier molecular flexibility index (Phi) is 4.14. The molecule has 0 aromatic heterocycles. The number of aliphatic hydroxyl groups is 1. The van der Waals surface area contributed by atoms with Crippen LogP contribution in [0.2, 0.25) is 0 Å². The highest BCUT2D eigenvalue weighted by Crippen LogP contribution is 2.37. The van der Waals surface area contributed by atoms with Gasteiger partial charge in [-0.2, -0.15) is 0 Å². The van der Waals surface area contributed by atoms with Crippen molar-refractivity contribution in [2.75, 3.05) is 6.61 Å². The van der Waals surface area contributed by atoms with E-state index in [1.165, 1.54) is 0 Å². The SMILES string of the molecule is CCOC(=O)C1CCCC(O)(C(C)C)C1. The van der Waals surface area contributed by atoms with Crippen LogP contribution in [0.15, 0.2) is 0 Å². The molecule has 2 unspecified atom stereocenters. The van der Waals surface area contributed by atoms with Crippen molar-refractivity contribution >= 4 is 5.97 Å². The van der Waals surface area contributed by atoms with Crippen LogP contribution in [-0.4, -0.2) is 23.3 Å². The molecule has 1 aliphatic rings. The number of esters is 1. The van der Waals surface area contributed by atoms with Gasteiger partial charge in [0.05, 0.1) is 18.1 Å². The maximum absolute atomic E-state index is 11.6. The molecule has 2 atom stereocenters. The molecule has 0 aliphatic heterocycles. The third-order valence-electron chi connectivity index (χ3n) is 3.46. The minimum atomic E-state index is -0.671. The molecule has 0 amide bonds. The first-order valence-corrected chi connectivity index (χ1v) is 5.88. The molecule has 3 heteroatoms. The summed E-state index contributed by atoms with van der Waals surface area (Å²) in [6.07, 6.45) is 3.14. The quantitative estimate of drug-likeness (QED) is 0.732. The van der Waals surface area contributed by atoms with Crippen molar-refractivity contribution in [3.8, 4) is 0 Å². The lowest BCUT2D eigenvalue weighted by Crippen LogP contribution is -2.42. The average molecular weight is 214 g/mol.